The van der Waals surface area contributed by atoms with E-state index < -0.39 is 11.9 Å². The largest absolute Gasteiger partial charge is 0.432 e. The van der Waals surface area contributed by atoms with Gasteiger partial charge in [0.15, 0.2) is 5.82 Å². The highest BCUT2D eigenvalue weighted by Gasteiger charge is 2.33. The lowest BCUT2D eigenvalue weighted by molar-refractivity contribution is -0.140. The Morgan fingerprint density at radius 2 is 1.82 bits per heavy atom. The summed E-state index contributed by atoms with van der Waals surface area (Å²) in [6, 6.07) is 5.29. The molecule has 0 radical (unpaired) electrons. The summed E-state index contributed by atoms with van der Waals surface area (Å²) in [7, 11) is 0. The van der Waals surface area contributed by atoms with Crippen LogP contribution in [0.3, 0.4) is 0 Å². The molecule has 0 spiro atoms. The first-order valence-corrected chi connectivity index (χ1v) is 6.45. The van der Waals surface area contributed by atoms with Crippen molar-refractivity contribution >= 4 is 0 Å². The predicted molar refractivity (Wildman–Crippen MR) is 74.8 cm³/mol. The smallest absolute Gasteiger partial charge is 0.333 e. The second-order valence-electron chi connectivity index (χ2n) is 4.77. The number of imidazole rings is 1. The third-order valence-corrected chi connectivity index (χ3v) is 3.24. The van der Waals surface area contributed by atoms with E-state index in [0.717, 1.165) is 22.9 Å². The number of hydrogen-bond acceptors (Lipinski definition) is 3. The number of H-pyrrole nitrogens is 1. The van der Waals surface area contributed by atoms with Crippen molar-refractivity contribution in [3.05, 3.63) is 54.2 Å². The molecular weight excluding hydrogens is 293 g/mol. The maximum atomic E-state index is 12.5. The van der Waals surface area contributed by atoms with Gasteiger partial charge in [0.05, 0.1) is 6.20 Å². The van der Waals surface area contributed by atoms with Crippen molar-refractivity contribution in [2.45, 2.75) is 13.1 Å². The normalized spacial score (nSPS) is 11.6. The lowest BCUT2D eigenvalue weighted by Gasteiger charge is -2.05. The SMILES string of the molecule is Cc1ccncc1-c1ccc(-c2ncc(C(F)(F)F)[nH]2)nc1. The molecule has 3 heterocycles. The zero-order chi connectivity index (χ0) is 15.7. The molecule has 0 unspecified atom stereocenters. The Morgan fingerprint density at radius 1 is 1.00 bits per heavy atom. The van der Waals surface area contributed by atoms with Gasteiger partial charge in [0, 0.05) is 29.7 Å². The summed E-state index contributed by atoms with van der Waals surface area (Å²) in [5, 5.41) is 0. The minimum absolute atomic E-state index is 0.0850. The Balaban J connectivity index is 1.92. The van der Waals surface area contributed by atoms with Gasteiger partial charge in [-0.15, -0.1) is 0 Å². The second kappa shape index (κ2) is 5.25. The minimum Gasteiger partial charge on any atom is -0.333 e. The molecule has 3 aromatic rings. The number of halogens is 3. The van der Waals surface area contributed by atoms with Crippen LogP contribution in [0.5, 0.6) is 0 Å². The molecule has 7 heteroatoms. The van der Waals surface area contributed by atoms with Gasteiger partial charge in [-0.2, -0.15) is 13.2 Å². The first-order chi connectivity index (χ1) is 10.4. The van der Waals surface area contributed by atoms with Crippen molar-refractivity contribution in [3.63, 3.8) is 0 Å². The van der Waals surface area contributed by atoms with Crippen molar-refractivity contribution in [1.82, 2.24) is 19.9 Å². The van der Waals surface area contributed by atoms with E-state index in [-0.39, 0.29) is 5.82 Å². The molecule has 1 N–H and O–H groups in total. The van der Waals surface area contributed by atoms with Gasteiger partial charge < -0.3 is 4.98 Å². The van der Waals surface area contributed by atoms with Crippen LogP contribution in [0.15, 0.2) is 43.0 Å². The van der Waals surface area contributed by atoms with E-state index in [1.165, 1.54) is 0 Å². The van der Waals surface area contributed by atoms with Crippen molar-refractivity contribution in [1.29, 1.82) is 0 Å². The summed E-state index contributed by atoms with van der Waals surface area (Å²) >= 11 is 0. The van der Waals surface area contributed by atoms with Gasteiger partial charge in [0.1, 0.15) is 11.4 Å². The molecule has 3 aromatic heterocycles. The Kier molecular flexibility index (Phi) is 3.40. The van der Waals surface area contributed by atoms with Gasteiger partial charge in [-0.25, -0.2) is 4.98 Å². The maximum Gasteiger partial charge on any atom is 0.432 e. The maximum absolute atomic E-state index is 12.5. The molecule has 0 aliphatic rings. The quantitative estimate of drug-likeness (QED) is 0.782. The molecule has 3 rings (SSSR count). The summed E-state index contributed by atoms with van der Waals surface area (Å²) in [6.07, 6.45) is 1.33. The second-order valence-corrected chi connectivity index (χ2v) is 4.77. The molecule has 0 amide bonds. The van der Waals surface area contributed by atoms with Crippen LogP contribution in [0.4, 0.5) is 13.2 Å². The number of nitrogens with one attached hydrogen (secondary N) is 1. The number of alkyl halides is 3. The zero-order valence-electron chi connectivity index (χ0n) is 11.5. The average Bonchev–Trinajstić information content (AvgIpc) is 2.98. The fourth-order valence-electron chi connectivity index (χ4n) is 2.05. The molecule has 0 atom stereocenters. The zero-order valence-corrected chi connectivity index (χ0v) is 11.5. The molecule has 0 aliphatic heterocycles. The molecule has 112 valence electrons. The summed E-state index contributed by atoms with van der Waals surface area (Å²) in [5.41, 5.74) is 2.27. The highest BCUT2D eigenvalue weighted by atomic mass is 19.4. The Bertz CT molecular complexity index is 791. The van der Waals surface area contributed by atoms with E-state index in [0.29, 0.717) is 5.69 Å². The number of nitrogens with zero attached hydrogens (tertiary/aromatic N) is 3. The van der Waals surface area contributed by atoms with Crippen LogP contribution in [0, 0.1) is 6.92 Å². The van der Waals surface area contributed by atoms with E-state index in [4.69, 9.17) is 0 Å². The first-order valence-electron chi connectivity index (χ1n) is 6.45. The summed E-state index contributed by atoms with van der Waals surface area (Å²) in [6.45, 7) is 1.95. The Hall–Kier alpha value is -2.70. The summed E-state index contributed by atoms with van der Waals surface area (Å²) < 4.78 is 37.6. The van der Waals surface area contributed by atoms with Crippen LogP contribution < -0.4 is 0 Å². The van der Waals surface area contributed by atoms with Gasteiger partial charge >= 0.3 is 6.18 Å². The van der Waals surface area contributed by atoms with E-state index in [1.54, 1.807) is 30.7 Å². The van der Waals surface area contributed by atoms with Crippen LogP contribution in [0.25, 0.3) is 22.6 Å². The number of aromatic nitrogens is 4. The fraction of sp³-hybridized carbons (Fsp3) is 0.133. The van der Waals surface area contributed by atoms with E-state index in [9.17, 15) is 13.2 Å². The van der Waals surface area contributed by atoms with Gasteiger partial charge in [0.25, 0.3) is 0 Å². The molecule has 0 fully saturated rings. The topological polar surface area (TPSA) is 54.5 Å². The molecule has 4 nitrogen and oxygen atoms in total. The highest BCUT2D eigenvalue weighted by molar-refractivity contribution is 5.66. The Labute approximate surface area is 124 Å². The van der Waals surface area contributed by atoms with E-state index in [2.05, 4.69) is 19.9 Å². The van der Waals surface area contributed by atoms with Gasteiger partial charge in [-0.05, 0) is 24.6 Å². The van der Waals surface area contributed by atoms with Crippen LogP contribution in [-0.2, 0) is 6.18 Å². The van der Waals surface area contributed by atoms with Gasteiger partial charge in [0.2, 0.25) is 0 Å². The van der Waals surface area contributed by atoms with Crippen LogP contribution in [-0.4, -0.2) is 19.9 Å². The van der Waals surface area contributed by atoms with Crippen LogP contribution in [0.2, 0.25) is 0 Å². The number of hydrogen-bond donors (Lipinski definition) is 1. The lowest BCUT2D eigenvalue weighted by Crippen LogP contribution is -2.04. The van der Waals surface area contributed by atoms with E-state index in [1.807, 2.05) is 13.0 Å². The monoisotopic (exact) mass is 304 g/mol. The fourth-order valence-corrected chi connectivity index (χ4v) is 2.05. The number of rotatable bonds is 2. The first kappa shape index (κ1) is 14.2. The number of pyridine rings is 2. The molecular formula is C15H11F3N4. The summed E-state index contributed by atoms with van der Waals surface area (Å²) in [4.78, 5) is 14.2. The molecule has 0 aliphatic carbocycles. The van der Waals surface area contributed by atoms with Crippen molar-refractivity contribution in [3.8, 4) is 22.6 Å². The minimum atomic E-state index is -4.45. The Morgan fingerprint density at radius 3 is 2.41 bits per heavy atom. The number of aromatic amines is 1. The summed E-state index contributed by atoms with van der Waals surface area (Å²) in [5.74, 6) is 0.0850. The third kappa shape index (κ3) is 2.69. The van der Waals surface area contributed by atoms with E-state index >= 15 is 0 Å². The molecule has 0 bridgehead atoms. The lowest BCUT2D eigenvalue weighted by atomic mass is 10.1. The number of aryl methyl sites for hydroxylation is 1. The van der Waals surface area contributed by atoms with Crippen molar-refractivity contribution in [2.75, 3.05) is 0 Å². The highest BCUT2D eigenvalue weighted by Crippen LogP contribution is 2.29. The van der Waals surface area contributed by atoms with Gasteiger partial charge in [-0.1, -0.05) is 6.07 Å². The standard InChI is InChI=1S/C15H11F3N4/c1-9-4-5-19-7-11(9)10-2-3-12(20-6-10)14-21-8-13(22-14)15(16,17)18/h2-8H,1H3,(H,21,22). The van der Waals surface area contributed by atoms with Crippen LogP contribution in [0.1, 0.15) is 11.3 Å². The van der Waals surface area contributed by atoms with Crippen LogP contribution >= 0.6 is 0 Å². The molecule has 0 aromatic carbocycles. The average molecular weight is 304 g/mol. The van der Waals surface area contributed by atoms with Gasteiger partial charge in [-0.3, -0.25) is 9.97 Å². The predicted octanol–water partition coefficient (Wildman–Crippen LogP) is 3.86. The van der Waals surface area contributed by atoms with Crippen molar-refractivity contribution < 1.29 is 13.2 Å². The molecule has 22 heavy (non-hydrogen) atoms. The molecule has 0 saturated heterocycles. The molecule has 0 saturated carbocycles. The third-order valence-electron chi connectivity index (χ3n) is 3.24. The van der Waals surface area contributed by atoms with Crippen molar-refractivity contribution in [2.24, 2.45) is 0 Å².